The Hall–Kier alpha value is -3.95. The van der Waals surface area contributed by atoms with Crippen LogP contribution in [-0.4, -0.2) is 34.5 Å². The molecular weight excluding hydrogens is 350 g/mol. The molecule has 0 saturated heterocycles. The number of hydrogen-bond acceptors (Lipinski definition) is 7. The fraction of sp³-hybridized carbons (Fsp3) is 0.118. The van der Waals surface area contributed by atoms with Gasteiger partial charge in [-0.3, -0.25) is 19.3 Å². The minimum absolute atomic E-state index is 0.00291. The Balaban J connectivity index is 1.75. The highest BCUT2D eigenvalue weighted by Gasteiger charge is 2.16. The van der Waals surface area contributed by atoms with Gasteiger partial charge in [-0.05, 0) is 35.0 Å². The first-order valence-electron chi connectivity index (χ1n) is 8.02. The van der Waals surface area contributed by atoms with E-state index in [1.54, 1.807) is 18.2 Å². The number of tetrazole rings is 1. The minimum atomic E-state index is -0.462. The zero-order valence-corrected chi connectivity index (χ0v) is 14.2. The quantitative estimate of drug-likeness (QED) is 0.399. The SMILES string of the molecule is Cc1cccc2ncc(-c3nnnn3Cc3ccc([N+](=O)[O-])cc3)c(=O)n12. The number of aromatic nitrogens is 6. The summed E-state index contributed by atoms with van der Waals surface area (Å²) in [4.78, 5) is 27.5. The van der Waals surface area contributed by atoms with E-state index in [0.717, 1.165) is 11.3 Å². The third kappa shape index (κ3) is 2.92. The van der Waals surface area contributed by atoms with Gasteiger partial charge in [0, 0.05) is 24.0 Å². The van der Waals surface area contributed by atoms with Gasteiger partial charge in [-0.25, -0.2) is 9.67 Å². The number of fused-ring (bicyclic) bond motifs is 1. The van der Waals surface area contributed by atoms with E-state index in [4.69, 9.17) is 0 Å². The minimum Gasteiger partial charge on any atom is -0.268 e. The van der Waals surface area contributed by atoms with Crippen LogP contribution in [0.1, 0.15) is 11.3 Å². The van der Waals surface area contributed by atoms with Crippen molar-refractivity contribution in [3.8, 4) is 11.4 Å². The predicted molar refractivity (Wildman–Crippen MR) is 95.2 cm³/mol. The molecule has 10 nitrogen and oxygen atoms in total. The Kier molecular flexibility index (Phi) is 3.92. The van der Waals surface area contributed by atoms with Crippen LogP contribution in [0.3, 0.4) is 0 Å². The molecule has 0 unspecified atom stereocenters. The lowest BCUT2D eigenvalue weighted by atomic mass is 10.2. The molecule has 0 bridgehead atoms. The molecule has 0 aliphatic rings. The van der Waals surface area contributed by atoms with E-state index in [2.05, 4.69) is 20.5 Å². The van der Waals surface area contributed by atoms with Crippen LogP contribution < -0.4 is 5.56 Å². The average molecular weight is 363 g/mol. The summed E-state index contributed by atoms with van der Waals surface area (Å²) in [5.74, 6) is 0.281. The standard InChI is InChI=1S/C17H13N7O3/c1-11-3-2-4-15-18-9-14(17(25)23(11)15)16-19-20-21-22(16)10-12-5-7-13(8-6-12)24(26)27/h2-9H,10H2,1H3. The van der Waals surface area contributed by atoms with E-state index in [1.807, 2.05) is 19.1 Å². The second-order valence-corrected chi connectivity index (χ2v) is 5.92. The first-order valence-corrected chi connectivity index (χ1v) is 8.02. The van der Waals surface area contributed by atoms with Gasteiger partial charge in [0.25, 0.3) is 11.2 Å². The van der Waals surface area contributed by atoms with Crippen molar-refractivity contribution in [3.05, 3.63) is 80.4 Å². The molecule has 0 atom stereocenters. The van der Waals surface area contributed by atoms with E-state index in [1.165, 1.54) is 27.4 Å². The van der Waals surface area contributed by atoms with Crippen LogP contribution >= 0.6 is 0 Å². The van der Waals surface area contributed by atoms with Crippen LogP contribution in [-0.2, 0) is 6.54 Å². The zero-order valence-electron chi connectivity index (χ0n) is 14.2. The van der Waals surface area contributed by atoms with E-state index in [-0.39, 0.29) is 29.2 Å². The van der Waals surface area contributed by atoms with E-state index in [0.29, 0.717) is 5.65 Å². The normalized spacial score (nSPS) is 11.0. The second-order valence-electron chi connectivity index (χ2n) is 5.92. The number of nitrogens with zero attached hydrogens (tertiary/aromatic N) is 7. The summed E-state index contributed by atoms with van der Waals surface area (Å²) in [6, 6.07) is 11.5. The monoisotopic (exact) mass is 363 g/mol. The predicted octanol–water partition coefficient (Wildman–Crippen LogP) is 1.61. The molecule has 134 valence electrons. The maximum atomic E-state index is 12.9. The topological polar surface area (TPSA) is 121 Å². The maximum Gasteiger partial charge on any atom is 0.269 e. The van der Waals surface area contributed by atoms with Crippen LogP contribution in [0, 0.1) is 17.0 Å². The molecule has 0 amide bonds. The van der Waals surface area contributed by atoms with Crippen molar-refractivity contribution in [2.24, 2.45) is 0 Å². The zero-order chi connectivity index (χ0) is 19.0. The molecule has 0 radical (unpaired) electrons. The van der Waals surface area contributed by atoms with Crippen molar-refractivity contribution in [2.45, 2.75) is 13.5 Å². The largest absolute Gasteiger partial charge is 0.269 e. The van der Waals surface area contributed by atoms with Gasteiger partial charge in [-0.15, -0.1) is 5.10 Å². The molecule has 27 heavy (non-hydrogen) atoms. The highest BCUT2D eigenvalue weighted by Crippen LogP contribution is 2.16. The van der Waals surface area contributed by atoms with Crippen LogP contribution in [0.25, 0.3) is 17.0 Å². The summed E-state index contributed by atoms with van der Waals surface area (Å²) in [5.41, 5.74) is 2.06. The average Bonchev–Trinajstić information content (AvgIpc) is 3.10. The summed E-state index contributed by atoms with van der Waals surface area (Å²) in [5, 5.41) is 22.3. The Labute approximate surface area is 151 Å². The molecule has 0 spiro atoms. The van der Waals surface area contributed by atoms with Gasteiger partial charge in [0.15, 0.2) is 5.82 Å². The third-order valence-corrected chi connectivity index (χ3v) is 4.18. The number of rotatable bonds is 4. The van der Waals surface area contributed by atoms with Gasteiger partial charge in [0.05, 0.1) is 11.5 Å². The lowest BCUT2D eigenvalue weighted by Gasteiger charge is -2.07. The number of aryl methyl sites for hydroxylation is 1. The van der Waals surface area contributed by atoms with Crippen molar-refractivity contribution in [3.63, 3.8) is 0 Å². The van der Waals surface area contributed by atoms with Crippen molar-refractivity contribution in [1.29, 1.82) is 0 Å². The van der Waals surface area contributed by atoms with Crippen molar-refractivity contribution in [1.82, 2.24) is 29.6 Å². The smallest absolute Gasteiger partial charge is 0.268 e. The fourth-order valence-electron chi connectivity index (χ4n) is 2.83. The Morgan fingerprint density at radius 3 is 2.67 bits per heavy atom. The Bertz CT molecular complexity index is 1210. The van der Waals surface area contributed by atoms with Gasteiger partial charge in [0.1, 0.15) is 11.2 Å². The second kappa shape index (κ2) is 6.41. The molecular formula is C17H13N7O3. The molecule has 4 rings (SSSR count). The van der Waals surface area contributed by atoms with Crippen LogP contribution in [0.2, 0.25) is 0 Å². The molecule has 0 N–H and O–H groups in total. The van der Waals surface area contributed by atoms with E-state index >= 15 is 0 Å². The number of hydrogen-bond donors (Lipinski definition) is 0. The number of benzene rings is 1. The highest BCUT2D eigenvalue weighted by atomic mass is 16.6. The third-order valence-electron chi connectivity index (χ3n) is 4.18. The summed E-state index contributed by atoms with van der Waals surface area (Å²) in [6.45, 7) is 2.08. The molecule has 0 fully saturated rings. The lowest BCUT2D eigenvalue weighted by Crippen LogP contribution is -2.20. The Morgan fingerprint density at radius 2 is 1.93 bits per heavy atom. The summed E-state index contributed by atoms with van der Waals surface area (Å²) >= 11 is 0. The van der Waals surface area contributed by atoms with Gasteiger partial charge in [-0.2, -0.15) is 0 Å². The van der Waals surface area contributed by atoms with Crippen molar-refractivity contribution < 1.29 is 4.92 Å². The van der Waals surface area contributed by atoms with Gasteiger partial charge in [0.2, 0.25) is 0 Å². The van der Waals surface area contributed by atoms with Gasteiger partial charge < -0.3 is 0 Å². The first-order chi connectivity index (χ1) is 13.0. The molecule has 3 aromatic heterocycles. The molecule has 3 heterocycles. The fourth-order valence-corrected chi connectivity index (χ4v) is 2.83. The van der Waals surface area contributed by atoms with Gasteiger partial charge >= 0.3 is 0 Å². The molecule has 0 aliphatic heterocycles. The number of nitro benzene ring substituents is 1. The molecule has 0 aliphatic carbocycles. The van der Waals surface area contributed by atoms with E-state index < -0.39 is 4.92 Å². The maximum absolute atomic E-state index is 12.9. The highest BCUT2D eigenvalue weighted by molar-refractivity contribution is 5.55. The summed E-state index contributed by atoms with van der Waals surface area (Å²) in [7, 11) is 0. The summed E-state index contributed by atoms with van der Waals surface area (Å²) < 4.78 is 2.96. The molecule has 4 aromatic rings. The number of pyridine rings is 1. The number of nitro groups is 1. The van der Waals surface area contributed by atoms with Crippen molar-refractivity contribution in [2.75, 3.05) is 0 Å². The lowest BCUT2D eigenvalue weighted by molar-refractivity contribution is -0.384. The molecule has 10 heteroatoms. The Morgan fingerprint density at radius 1 is 1.15 bits per heavy atom. The number of non-ortho nitro benzene ring substituents is 1. The van der Waals surface area contributed by atoms with Crippen LogP contribution in [0.15, 0.2) is 53.5 Å². The van der Waals surface area contributed by atoms with Crippen LogP contribution in [0.5, 0.6) is 0 Å². The van der Waals surface area contributed by atoms with E-state index in [9.17, 15) is 14.9 Å². The van der Waals surface area contributed by atoms with Crippen molar-refractivity contribution >= 4 is 11.3 Å². The van der Waals surface area contributed by atoms with Crippen LogP contribution in [0.4, 0.5) is 5.69 Å². The molecule has 1 aromatic carbocycles. The van der Waals surface area contributed by atoms with Gasteiger partial charge in [-0.1, -0.05) is 18.2 Å². The summed E-state index contributed by atoms with van der Waals surface area (Å²) in [6.07, 6.45) is 1.45. The first kappa shape index (κ1) is 16.5. The molecule has 0 saturated carbocycles.